The molecule has 0 fully saturated rings. The number of carbonyl (C=O) groups excluding carboxylic acids is 5. The highest BCUT2D eigenvalue weighted by molar-refractivity contribution is 5.89. The molecular formula is C29H52N4O8. The maximum absolute atomic E-state index is 12.8. The molecule has 0 aromatic rings. The summed E-state index contributed by atoms with van der Waals surface area (Å²) in [7, 11) is 0. The number of aliphatic hydroxyl groups excluding tert-OH is 1. The molecule has 0 aromatic carbocycles. The Morgan fingerprint density at radius 2 is 1.51 bits per heavy atom. The van der Waals surface area contributed by atoms with Gasteiger partial charge in [-0.2, -0.15) is 0 Å². The molecule has 0 aromatic heterocycles. The molecule has 0 aliphatic carbocycles. The monoisotopic (exact) mass is 584 g/mol. The maximum Gasteiger partial charge on any atom is 0.242 e. The van der Waals surface area contributed by atoms with Crippen LogP contribution in [0, 0.1) is 0 Å². The lowest BCUT2D eigenvalue weighted by Crippen LogP contribution is -2.48. The molecule has 0 aliphatic heterocycles. The molecule has 4 amide bonds. The standard InChI is InChI=1S/C29H52N4O8/c1-8-9-10-25(37)33-23(11-12-24(36)31-19-26(38)32-21(2)20-34)27(39)30-16-18-41-29(6,7)15-17-40-28(4,5)14-13-22(3)35/h20-21,23,35H,3,8-19H2,1-2,4-7H3,(H,30,39)(H,31,36)(H,32,38)(H,33,37). The molecule has 0 saturated carbocycles. The first kappa shape index (κ1) is 38.0. The van der Waals surface area contributed by atoms with Gasteiger partial charge in [0.15, 0.2) is 0 Å². The number of carbonyl (C=O) groups is 5. The molecule has 12 heteroatoms. The number of aliphatic hydroxyl groups is 1. The lowest BCUT2D eigenvalue weighted by Gasteiger charge is -2.30. The van der Waals surface area contributed by atoms with Crippen LogP contribution in [0.3, 0.4) is 0 Å². The number of hydrogen-bond acceptors (Lipinski definition) is 8. The predicted octanol–water partition coefficient (Wildman–Crippen LogP) is 2.21. The Kier molecular flexibility index (Phi) is 18.5. The zero-order valence-corrected chi connectivity index (χ0v) is 25.7. The second kappa shape index (κ2) is 20.0. The van der Waals surface area contributed by atoms with Crippen LogP contribution < -0.4 is 21.3 Å². The van der Waals surface area contributed by atoms with Crippen LogP contribution in [0.15, 0.2) is 12.3 Å². The molecule has 12 nitrogen and oxygen atoms in total. The fourth-order valence-corrected chi connectivity index (χ4v) is 3.54. The van der Waals surface area contributed by atoms with Gasteiger partial charge in [-0.1, -0.05) is 19.9 Å². The fraction of sp³-hybridized carbons (Fsp3) is 0.759. The maximum atomic E-state index is 12.8. The van der Waals surface area contributed by atoms with Gasteiger partial charge in [0.25, 0.3) is 0 Å². The summed E-state index contributed by atoms with van der Waals surface area (Å²) in [5, 5.41) is 19.6. The Balaban J connectivity index is 4.71. The minimum Gasteiger partial charge on any atom is -0.513 e. The third-order valence-corrected chi connectivity index (χ3v) is 6.21. The van der Waals surface area contributed by atoms with E-state index in [2.05, 4.69) is 27.8 Å². The number of ether oxygens (including phenoxy) is 2. The van der Waals surface area contributed by atoms with Gasteiger partial charge in [-0.15, -0.1) is 0 Å². The number of amides is 4. The Morgan fingerprint density at radius 1 is 0.878 bits per heavy atom. The van der Waals surface area contributed by atoms with E-state index < -0.39 is 41.0 Å². The molecule has 0 aliphatic rings. The van der Waals surface area contributed by atoms with Gasteiger partial charge in [0, 0.05) is 25.8 Å². The molecule has 0 bridgehead atoms. The summed E-state index contributed by atoms with van der Waals surface area (Å²) in [5.74, 6) is -1.55. The van der Waals surface area contributed by atoms with Crippen molar-refractivity contribution in [2.24, 2.45) is 0 Å². The first-order valence-corrected chi connectivity index (χ1v) is 14.3. The number of hydrogen-bond donors (Lipinski definition) is 5. The van der Waals surface area contributed by atoms with E-state index in [0.29, 0.717) is 38.6 Å². The van der Waals surface area contributed by atoms with Gasteiger partial charge in [-0.05, 0) is 60.3 Å². The van der Waals surface area contributed by atoms with Crippen molar-refractivity contribution in [3.05, 3.63) is 12.3 Å². The summed E-state index contributed by atoms with van der Waals surface area (Å²) < 4.78 is 11.9. The van der Waals surface area contributed by atoms with Crippen molar-refractivity contribution in [1.29, 1.82) is 0 Å². The summed E-state index contributed by atoms with van der Waals surface area (Å²) in [6.45, 7) is 15.3. The predicted molar refractivity (Wildman–Crippen MR) is 156 cm³/mol. The molecular weight excluding hydrogens is 532 g/mol. The van der Waals surface area contributed by atoms with E-state index in [4.69, 9.17) is 9.47 Å². The van der Waals surface area contributed by atoms with Crippen molar-refractivity contribution in [2.45, 2.75) is 116 Å². The lowest BCUT2D eigenvalue weighted by molar-refractivity contribution is -0.130. The number of allylic oxidation sites excluding steroid dienone is 1. The molecule has 0 saturated heterocycles. The van der Waals surface area contributed by atoms with Crippen molar-refractivity contribution >= 4 is 29.9 Å². The van der Waals surface area contributed by atoms with Gasteiger partial charge in [-0.3, -0.25) is 19.2 Å². The summed E-state index contributed by atoms with van der Waals surface area (Å²) in [6, 6.07) is -1.59. The van der Waals surface area contributed by atoms with Crippen LogP contribution in [0.25, 0.3) is 0 Å². The van der Waals surface area contributed by atoms with Crippen molar-refractivity contribution < 1.29 is 38.6 Å². The number of nitrogens with one attached hydrogen (secondary N) is 4. The molecule has 41 heavy (non-hydrogen) atoms. The van der Waals surface area contributed by atoms with Gasteiger partial charge in [0.05, 0.1) is 42.8 Å². The van der Waals surface area contributed by atoms with E-state index in [9.17, 15) is 29.1 Å². The minimum absolute atomic E-state index is 0.0466. The largest absolute Gasteiger partial charge is 0.513 e. The minimum atomic E-state index is -0.923. The molecule has 2 atom stereocenters. The highest BCUT2D eigenvalue weighted by Crippen LogP contribution is 2.21. The van der Waals surface area contributed by atoms with E-state index in [1.807, 2.05) is 34.6 Å². The summed E-state index contributed by atoms with van der Waals surface area (Å²) in [6.07, 6.45) is 4.03. The smallest absolute Gasteiger partial charge is 0.242 e. The zero-order chi connectivity index (χ0) is 31.5. The Labute approximate surface area is 244 Å². The summed E-state index contributed by atoms with van der Waals surface area (Å²) >= 11 is 0. The van der Waals surface area contributed by atoms with Crippen molar-refractivity contribution in [2.75, 3.05) is 26.3 Å². The Bertz CT molecular complexity index is 860. The van der Waals surface area contributed by atoms with E-state index >= 15 is 0 Å². The van der Waals surface area contributed by atoms with Gasteiger partial charge >= 0.3 is 0 Å². The van der Waals surface area contributed by atoms with E-state index in [1.54, 1.807) is 0 Å². The highest BCUT2D eigenvalue weighted by atomic mass is 16.5. The normalized spacial score (nSPS) is 13.0. The first-order chi connectivity index (χ1) is 19.1. The van der Waals surface area contributed by atoms with Gasteiger partial charge in [-0.25, -0.2) is 0 Å². The quantitative estimate of drug-likeness (QED) is 0.0691. The fourth-order valence-electron chi connectivity index (χ4n) is 3.54. The molecule has 0 spiro atoms. The van der Waals surface area contributed by atoms with E-state index in [0.717, 1.165) is 6.42 Å². The average molecular weight is 585 g/mol. The molecule has 0 heterocycles. The van der Waals surface area contributed by atoms with Crippen molar-refractivity contribution in [3.8, 4) is 0 Å². The number of rotatable bonds is 23. The van der Waals surface area contributed by atoms with E-state index in [-0.39, 0.29) is 50.6 Å². The second-order valence-corrected chi connectivity index (χ2v) is 11.4. The average Bonchev–Trinajstić information content (AvgIpc) is 2.89. The molecule has 236 valence electrons. The number of aldehydes is 1. The number of unbranched alkanes of at least 4 members (excludes halogenated alkanes) is 1. The summed E-state index contributed by atoms with van der Waals surface area (Å²) in [4.78, 5) is 59.7. The SMILES string of the molecule is C=C(O)CCC(C)(C)OCCC(C)(C)OCCNC(=O)C(CCC(=O)NCC(=O)NC(C)C=O)NC(=O)CCCC. The Hall–Kier alpha value is -2.99. The van der Waals surface area contributed by atoms with Crippen LogP contribution in [0.2, 0.25) is 0 Å². The third-order valence-electron chi connectivity index (χ3n) is 6.21. The van der Waals surface area contributed by atoms with Crippen LogP contribution in [-0.2, 0) is 33.4 Å². The van der Waals surface area contributed by atoms with Crippen LogP contribution in [0.5, 0.6) is 0 Å². The van der Waals surface area contributed by atoms with Crippen LogP contribution in [-0.4, -0.2) is 84.6 Å². The van der Waals surface area contributed by atoms with Crippen molar-refractivity contribution in [3.63, 3.8) is 0 Å². The van der Waals surface area contributed by atoms with Crippen LogP contribution in [0.1, 0.15) is 92.9 Å². The molecule has 5 N–H and O–H groups in total. The second-order valence-electron chi connectivity index (χ2n) is 11.4. The molecule has 2 unspecified atom stereocenters. The zero-order valence-electron chi connectivity index (χ0n) is 25.7. The van der Waals surface area contributed by atoms with Crippen LogP contribution in [0.4, 0.5) is 0 Å². The molecule has 0 rings (SSSR count). The Morgan fingerprint density at radius 3 is 2.12 bits per heavy atom. The lowest BCUT2D eigenvalue weighted by atomic mass is 10.0. The van der Waals surface area contributed by atoms with Crippen molar-refractivity contribution in [1.82, 2.24) is 21.3 Å². The highest BCUT2D eigenvalue weighted by Gasteiger charge is 2.24. The first-order valence-electron chi connectivity index (χ1n) is 14.3. The van der Waals surface area contributed by atoms with E-state index in [1.165, 1.54) is 6.92 Å². The van der Waals surface area contributed by atoms with Gasteiger partial charge in [0.1, 0.15) is 12.3 Å². The molecule has 0 radical (unpaired) electrons. The topological polar surface area (TPSA) is 172 Å². The third kappa shape index (κ3) is 20.5. The summed E-state index contributed by atoms with van der Waals surface area (Å²) in [5.41, 5.74) is -0.923. The van der Waals surface area contributed by atoms with Gasteiger partial charge in [0.2, 0.25) is 23.6 Å². The van der Waals surface area contributed by atoms with Crippen LogP contribution >= 0.6 is 0 Å². The van der Waals surface area contributed by atoms with Gasteiger partial charge < -0.3 is 40.6 Å².